The predicted octanol–water partition coefficient (Wildman–Crippen LogP) is 6.64. The number of hydrogen-bond acceptors (Lipinski definition) is 11. The van der Waals surface area contributed by atoms with E-state index in [0.29, 0.717) is 50.1 Å². The molecule has 5 heterocycles. The SMILES string of the molecule is COc1cc(N2CC[C@H]3CCN(CC4CC4)[C@H]3C2)c(-c2cnn(C)c2)cc1Nc1ncc(Br)c(Nc2ccc3nccnc3c2P(C)(C)=O)n1. The molecule has 14 heteroatoms. The molecular weight excluding hydrogens is 715 g/mol. The van der Waals surface area contributed by atoms with Gasteiger partial charge in [0.2, 0.25) is 5.95 Å². The number of rotatable bonds is 10. The molecule has 1 aliphatic carbocycles. The fourth-order valence-electron chi connectivity index (χ4n) is 7.63. The number of halogens is 1. The number of benzene rings is 2. The minimum Gasteiger partial charge on any atom is -0.494 e. The van der Waals surface area contributed by atoms with Gasteiger partial charge in [-0.3, -0.25) is 19.5 Å². The normalized spacial score (nSPS) is 19.5. The highest BCUT2D eigenvalue weighted by Gasteiger charge is 2.41. The second-order valence-corrected chi connectivity index (χ2v) is 18.1. The largest absolute Gasteiger partial charge is 0.494 e. The molecule has 3 aliphatic rings. The van der Waals surface area contributed by atoms with Crippen molar-refractivity contribution in [2.24, 2.45) is 18.9 Å². The van der Waals surface area contributed by atoms with Crippen molar-refractivity contribution in [3.63, 3.8) is 0 Å². The Bertz CT molecular complexity index is 2110. The smallest absolute Gasteiger partial charge is 0.229 e. The Morgan fingerprint density at radius 2 is 1.82 bits per heavy atom. The van der Waals surface area contributed by atoms with Crippen LogP contribution < -0.4 is 25.6 Å². The second-order valence-electron chi connectivity index (χ2n) is 14.1. The summed E-state index contributed by atoms with van der Waals surface area (Å²) in [7, 11) is 0.877. The van der Waals surface area contributed by atoms with E-state index in [0.717, 1.165) is 47.4 Å². The summed E-state index contributed by atoms with van der Waals surface area (Å²) < 4.78 is 22.0. The quantitative estimate of drug-likeness (QED) is 0.149. The molecule has 8 rings (SSSR count). The van der Waals surface area contributed by atoms with Crippen LogP contribution in [0.1, 0.15) is 25.7 Å². The van der Waals surface area contributed by atoms with Gasteiger partial charge in [0.15, 0.2) is 0 Å². The van der Waals surface area contributed by atoms with Crippen molar-refractivity contribution < 1.29 is 9.30 Å². The highest BCUT2D eigenvalue weighted by molar-refractivity contribution is 9.10. The summed E-state index contributed by atoms with van der Waals surface area (Å²) in [4.78, 5) is 23.7. The molecule has 0 spiro atoms. The minimum absolute atomic E-state index is 0.375. The molecule has 2 atom stereocenters. The van der Waals surface area contributed by atoms with Crippen molar-refractivity contribution in [2.75, 3.05) is 62.2 Å². The number of hydrogen-bond donors (Lipinski definition) is 2. The van der Waals surface area contributed by atoms with Crippen LogP contribution in [0.25, 0.3) is 22.2 Å². The molecule has 2 saturated heterocycles. The minimum atomic E-state index is -2.76. The molecule has 2 N–H and O–H groups in total. The molecule has 0 amide bonds. The van der Waals surface area contributed by atoms with Gasteiger partial charge in [-0.05, 0) is 91.5 Å². The Hall–Kier alpha value is -4.06. The average Bonchev–Trinajstić information content (AvgIpc) is 3.68. The summed E-state index contributed by atoms with van der Waals surface area (Å²) in [6.07, 6.45) is 14.2. The third-order valence-corrected chi connectivity index (χ3v) is 12.3. The van der Waals surface area contributed by atoms with Gasteiger partial charge >= 0.3 is 0 Å². The number of nitrogens with zero attached hydrogens (tertiary/aromatic N) is 8. The number of aryl methyl sites for hydroxylation is 1. The molecule has 2 aliphatic heterocycles. The maximum absolute atomic E-state index is 13.5. The Morgan fingerprint density at radius 3 is 2.58 bits per heavy atom. The Morgan fingerprint density at radius 1 is 1.00 bits per heavy atom. The summed E-state index contributed by atoms with van der Waals surface area (Å²) >= 11 is 3.61. The van der Waals surface area contributed by atoms with E-state index in [1.807, 2.05) is 30.1 Å². The zero-order chi connectivity index (χ0) is 34.6. The average molecular weight is 758 g/mol. The molecule has 0 unspecified atom stereocenters. The van der Waals surface area contributed by atoms with Gasteiger partial charge in [-0.15, -0.1) is 0 Å². The van der Waals surface area contributed by atoms with Gasteiger partial charge in [0, 0.05) is 80.4 Å². The predicted molar refractivity (Wildman–Crippen MR) is 203 cm³/mol. The van der Waals surface area contributed by atoms with Crippen LogP contribution in [-0.4, -0.2) is 87.3 Å². The first-order chi connectivity index (χ1) is 24.1. The molecule has 260 valence electrons. The molecule has 5 aromatic rings. The molecule has 3 fully saturated rings. The summed E-state index contributed by atoms with van der Waals surface area (Å²) in [5, 5.41) is 12.0. The lowest BCUT2D eigenvalue weighted by molar-refractivity contribution is 0.201. The van der Waals surface area contributed by atoms with Gasteiger partial charge in [0.1, 0.15) is 24.2 Å². The standard InChI is InChI=1S/C36H42BrN10O2P/c1-45-20-24(17-41-45)25-15-29(32(49-2)16-30(25)47-14-10-23-9-13-46(31(23)21-47)19-22-5-6-22)43-36-40-18-26(37)35(44-36)42-28-8-7-27-33(39-12-11-38-27)34(28)50(3,4)48/h7-8,11-12,15-18,20,22-23,31H,5-6,9-10,13-14,19,21H2,1-4H3,(H2,40,42,43,44)/t23-,31+/m1/s1. The zero-order valence-electron chi connectivity index (χ0n) is 28.8. The number of piperidine rings is 1. The fourth-order valence-corrected chi connectivity index (χ4v) is 9.31. The van der Waals surface area contributed by atoms with Crippen molar-refractivity contribution in [3.05, 3.63) is 59.7 Å². The van der Waals surface area contributed by atoms with E-state index in [2.05, 4.69) is 74.7 Å². The van der Waals surface area contributed by atoms with Crippen molar-refractivity contribution in [2.45, 2.75) is 31.7 Å². The maximum Gasteiger partial charge on any atom is 0.229 e. The Labute approximate surface area is 300 Å². The fraction of sp³-hybridized carbons (Fsp3) is 0.417. The van der Waals surface area contributed by atoms with Gasteiger partial charge in [-0.2, -0.15) is 10.1 Å². The van der Waals surface area contributed by atoms with E-state index >= 15 is 0 Å². The number of likely N-dealkylation sites (tertiary alicyclic amines) is 1. The molecule has 2 aromatic carbocycles. The van der Waals surface area contributed by atoms with Crippen LogP contribution in [0.15, 0.2) is 59.7 Å². The topological polar surface area (TPSA) is 126 Å². The molecule has 0 bridgehead atoms. The summed E-state index contributed by atoms with van der Waals surface area (Å²) in [5.41, 5.74) is 5.93. The second kappa shape index (κ2) is 13.2. The highest BCUT2D eigenvalue weighted by atomic mass is 79.9. The summed E-state index contributed by atoms with van der Waals surface area (Å²) in [6, 6.07) is 8.59. The summed E-state index contributed by atoms with van der Waals surface area (Å²) in [6.45, 7) is 7.96. The van der Waals surface area contributed by atoms with Crippen LogP contribution in [0, 0.1) is 11.8 Å². The molecule has 0 radical (unpaired) electrons. The van der Waals surface area contributed by atoms with Crippen LogP contribution in [0.5, 0.6) is 5.75 Å². The van der Waals surface area contributed by atoms with Crippen molar-refractivity contribution in [1.82, 2.24) is 34.6 Å². The summed E-state index contributed by atoms with van der Waals surface area (Å²) in [5.74, 6) is 3.25. The maximum atomic E-state index is 13.5. The van der Waals surface area contributed by atoms with Crippen molar-refractivity contribution >= 4 is 68.2 Å². The first-order valence-corrected chi connectivity index (χ1v) is 20.6. The molecular formula is C36H42BrN10O2P. The van der Waals surface area contributed by atoms with E-state index in [4.69, 9.17) is 9.72 Å². The van der Waals surface area contributed by atoms with Crippen molar-refractivity contribution in [3.8, 4) is 16.9 Å². The van der Waals surface area contributed by atoms with Crippen LogP contribution >= 0.6 is 23.1 Å². The number of aromatic nitrogens is 6. The number of fused-ring (bicyclic) bond motifs is 2. The van der Waals surface area contributed by atoms with Crippen LogP contribution in [0.4, 0.5) is 28.8 Å². The number of anilines is 5. The van der Waals surface area contributed by atoms with E-state index in [1.165, 1.54) is 38.8 Å². The van der Waals surface area contributed by atoms with E-state index in [9.17, 15) is 4.57 Å². The lowest BCUT2D eigenvalue weighted by Crippen LogP contribution is -2.48. The molecule has 50 heavy (non-hydrogen) atoms. The van der Waals surface area contributed by atoms with Crippen molar-refractivity contribution in [1.29, 1.82) is 0 Å². The van der Waals surface area contributed by atoms with Crippen LogP contribution in [-0.2, 0) is 11.6 Å². The first-order valence-electron chi connectivity index (χ1n) is 17.2. The zero-order valence-corrected chi connectivity index (χ0v) is 31.3. The Kier molecular flexibility index (Phi) is 8.77. The number of methoxy groups -OCH3 is 1. The van der Waals surface area contributed by atoms with E-state index in [1.54, 1.807) is 39.0 Å². The number of nitrogens with one attached hydrogen (secondary N) is 2. The first kappa shape index (κ1) is 33.1. The number of ether oxygens (including phenoxy) is 1. The van der Waals surface area contributed by atoms with Gasteiger partial charge in [0.05, 0.1) is 40.0 Å². The lowest BCUT2D eigenvalue weighted by Gasteiger charge is -2.40. The molecule has 12 nitrogen and oxygen atoms in total. The highest BCUT2D eigenvalue weighted by Crippen LogP contribution is 2.44. The van der Waals surface area contributed by atoms with E-state index < -0.39 is 7.14 Å². The van der Waals surface area contributed by atoms with Gasteiger partial charge in [0.25, 0.3) is 0 Å². The third kappa shape index (κ3) is 6.58. The van der Waals surface area contributed by atoms with Crippen LogP contribution in [0.3, 0.4) is 0 Å². The molecule has 1 saturated carbocycles. The van der Waals surface area contributed by atoms with Gasteiger partial charge in [-0.25, -0.2) is 4.98 Å². The van der Waals surface area contributed by atoms with Gasteiger partial charge in [-0.1, -0.05) is 0 Å². The Balaban J connectivity index is 1.12. The molecule has 3 aromatic heterocycles. The monoisotopic (exact) mass is 756 g/mol. The van der Waals surface area contributed by atoms with Crippen LogP contribution in [0.2, 0.25) is 0 Å². The third-order valence-electron chi connectivity index (χ3n) is 10.2. The lowest BCUT2D eigenvalue weighted by atomic mass is 9.91. The van der Waals surface area contributed by atoms with E-state index in [-0.39, 0.29) is 0 Å². The van der Waals surface area contributed by atoms with Gasteiger partial charge < -0.3 is 24.8 Å².